The highest BCUT2D eigenvalue weighted by molar-refractivity contribution is 6.06. The van der Waals surface area contributed by atoms with Crippen LogP contribution in [0.3, 0.4) is 0 Å². The number of aromatic nitrogens is 1. The van der Waals surface area contributed by atoms with Gasteiger partial charge in [-0.2, -0.15) is 0 Å². The summed E-state index contributed by atoms with van der Waals surface area (Å²) < 4.78 is 6.40. The minimum atomic E-state index is -0.590. The van der Waals surface area contributed by atoms with Crippen LogP contribution in [0.4, 0.5) is 0 Å². The molecule has 1 unspecified atom stereocenters. The molecule has 0 aliphatic heterocycles. The number of carbonyl (C=O) groups is 3. The van der Waals surface area contributed by atoms with Gasteiger partial charge >= 0.3 is 5.97 Å². The Labute approximate surface area is 124 Å². The van der Waals surface area contributed by atoms with Gasteiger partial charge in [0.25, 0.3) is 0 Å². The van der Waals surface area contributed by atoms with Crippen LogP contribution in [0.15, 0.2) is 0 Å². The van der Waals surface area contributed by atoms with E-state index in [1.165, 1.54) is 18.9 Å². The summed E-state index contributed by atoms with van der Waals surface area (Å²) >= 11 is 0. The van der Waals surface area contributed by atoms with Crippen molar-refractivity contribution in [1.29, 1.82) is 0 Å². The second kappa shape index (κ2) is 6.11. The van der Waals surface area contributed by atoms with Gasteiger partial charge < -0.3 is 14.2 Å². The first-order valence-corrected chi connectivity index (χ1v) is 6.66. The summed E-state index contributed by atoms with van der Waals surface area (Å²) in [7, 11) is 4.60. The Hall–Kier alpha value is -2.11. The molecule has 6 heteroatoms. The predicted octanol–water partition coefficient (Wildman–Crippen LogP) is 1.48. The number of hydrogen-bond donors (Lipinski definition) is 0. The van der Waals surface area contributed by atoms with Gasteiger partial charge in [-0.1, -0.05) is 0 Å². The van der Waals surface area contributed by atoms with Crippen LogP contribution < -0.4 is 0 Å². The summed E-state index contributed by atoms with van der Waals surface area (Å²) in [6, 6.07) is -0.590. The van der Waals surface area contributed by atoms with Crippen molar-refractivity contribution < 1.29 is 19.1 Å². The van der Waals surface area contributed by atoms with Gasteiger partial charge in [-0.3, -0.25) is 9.59 Å². The van der Waals surface area contributed by atoms with Crippen molar-refractivity contribution in [2.75, 3.05) is 14.2 Å². The average molecular weight is 294 g/mol. The highest BCUT2D eigenvalue weighted by Crippen LogP contribution is 2.24. The van der Waals surface area contributed by atoms with Gasteiger partial charge in [0, 0.05) is 32.3 Å². The molecule has 0 aromatic carbocycles. The van der Waals surface area contributed by atoms with E-state index in [-0.39, 0.29) is 11.7 Å². The summed E-state index contributed by atoms with van der Waals surface area (Å²) in [6.45, 7) is 6.57. The lowest BCUT2D eigenvalue weighted by Crippen LogP contribution is -2.39. The maximum absolute atomic E-state index is 12.6. The number of hydrogen-bond acceptors (Lipinski definition) is 4. The van der Waals surface area contributed by atoms with Crippen LogP contribution in [0.25, 0.3) is 0 Å². The number of ether oxygens (including phenoxy) is 1. The zero-order valence-electron chi connectivity index (χ0n) is 13.6. The third kappa shape index (κ3) is 2.84. The van der Waals surface area contributed by atoms with Gasteiger partial charge in [0.15, 0.2) is 5.78 Å². The molecule has 1 aromatic rings. The van der Waals surface area contributed by atoms with Crippen molar-refractivity contribution in [1.82, 2.24) is 9.47 Å². The third-order valence-electron chi connectivity index (χ3n) is 4.01. The quantitative estimate of drug-likeness (QED) is 0.623. The second-order valence-corrected chi connectivity index (χ2v) is 5.15. The van der Waals surface area contributed by atoms with Crippen molar-refractivity contribution in [3.8, 4) is 0 Å². The van der Waals surface area contributed by atoms with E-state index in [0.717, 1.165) is 0 Å². The molecule has 1 amide bonds. The Kier molecular flexibility index (Phi) is 4.93. The smallest absolute Gasteiger partial charge is 0.354 e. The molecular formula is C15H22N2O4. The molecule has 6 nitrogen and oxygen atoms in total. The summed E-state index contributed by atoms with van der Waals surface area (Å²) in [5.41, 5.74) is 2.09. The fourth-order valence-corrected chi connectivity index (χ4v) is 2.38. The number of nitrogens with zero attached hydrogens (tertiary/aromatic N) is 2. The molecule has 1 atom stereocenters. The van der Waals surface area contributed by atoms with Gasteiger partial charge in [-0.15, -0.1) is 0 Å². The van der Waals surface area contributed by atoms with E-state index < -0.39 is 12.0 Å². The predicted molar refractivity (Wildman–Crippen MR) is 78.5 cm³/mol. The zero-order chi connectivity index (χ0) is 16.5. The van der Waals surface area contributed by atoms with Crippen LogP contribution in [0.5, 0.6) is 0 Å². The number of carbonyl (C=O) groups excluding carboxylic acids is 3. The maximum Gasteiger partial charge on any atom is 0.354 e. The molecule has 0 radical (unpaired) electrons. The van der Waals surface area contributed by atoms with Gasteiger partial charge in [0.05, 0.1) is 13.2 Å². The number of rotatable bonds is 4. The van der Waals surface area contributed by atoms with Gasteiger partial charge in [-0.25, -0.2) is 4.79 Å². The van der Waals surface area contributed by atoms with Crippen LogP contribution in [0, 0.1) is 13.8 Å². The summed E-state index contributed by atoms with van der Waals surface area (Å²) in [5, 5.41) is 0. The lowest BCUT2D eigenvalue weighted by atomic mass is 10.00. The Balaban J connectivity index is 3.35. The minimum Gasteiger partial charge on any atom is -0.464 e. The highest BCUT2D eigenvalue weighted by atomic mass is 16.5. The first kappa shape index (κ1) is 16.9. The fraction of sp³-hybridized carbons (Fsp3) is 0.533. The number of methoxy groups -OCH3 is 1. The van der Waals surface area contributed by atoms with Crippen LogP contribution >= 0.6 is 0 Å². The molecular weight excluding hydrogens is 272 g/mol. The van der Waals surface area contributed by atoms with E-state index >= 15 is 0 Å². The molecule has 0 bridgehead atoms. The van der Waals surface area contributed by atoms with Crippen LogP contribution in [-0.2, 0) is 16.6 Å². The Morgan fingerprint density at radius 2 is 1.76 bits per heavy atom. The van der Waals surface area contributed by atoms with Gasteiger partial charge in [0.1, 0.15) is 5.69 Å². The first-order valence-electron chi connectivity index (χ1n) is 6.66. The molecule has 1 heterocycles. The molecule has 1 rings (SSSR count). The number of Topliss-reactive ketones (excluding diaryl/α,β-unsaturated/α-hetero) is 1. The number of ketones is 1. The Morgan fingerprint density at radius 1 is 1.24 bits per heavy atom. The normalized spacial score (nSPS) is 12.0. The van der Waals surface area contributed by atoms with Crippen LogP contribution in [0.2, 0.25) is 0 Å². The van der Waals surface area contributed by atoms with E-state index in [2.05, 4.69) is 0 Å². The van der Waals surface area contributed by atoms with Gasteiger partial charge in [-0.05, 0) is 26.3 Å². The van der Waals surface area contributed by atoms with Crippen molar-refractivity contribution in [2.24, 2.45) is 7.05 Å². The number of esters is 1. The van der Waals surface area contributed by atoms with Gasteiger partial charge in [0.2, 0.25) is 5.91 Å². The maximum atomic E-state index is 12.6. The monoisotopic (exact) mass is 294 g/mol. The molecule has 0 N–H and O–H groups in total. The summed E-state index contributed by atoms with van der Waals surface area (Å²) in [4.78, 5) is 37.3. The molecule has 21 heavy (non-hydrogen) atoms. The molecule has 0 spiro atoms. The van der Waals surface area contributed by atoms with E-state index in [1.807, 2.05) is 0 Å². The SMILES string of the molecule is COC(=O)c1c(C)c(C(=O)C(C)N(C)C(C)=O)c(C)n1C. The lowest BCUT2D eigenvalue weighted by molar-refractivity contribution is -0.128. The molecule has 116 valence electrons. The largest absolute Gasteiger partial charge is 0.464 e. The number of amides is 1. The van der Waals surface area contributed by atoms with E-state index in [1.54, 1.807) is 39.4 Å². The average Bonchev–Trinajstić information content (AvgIpc) is 2.66. The highest BCUT2D eigenvalue weighted by Gasteiger charge is 2.29. The van der Waals surface area contributed by atoms with Crippen LogP contribution in [0.1, 0.15) is 46.0 Å². The topological polar surface area (TPSA) is 68.6 Å². The molecule has 0 saturated heterocycles. The standard InChI is InChI=1S/C15H22N2O4/c1-8-12(14(19)10(3)16(5)11(4)18)9(2)17(6)13(8)15(20)21-7/h10H,1-7H3. The Morgan fingerprint density at radius 3 is 2.19 bits per heavy atom. The number of likely N-dealkylation sites (N-methyl/N-ethyl adjacent to an activating group) is 1. The summed E-state index contributed by atoms with van der Waals surface area (Å²) in [6.07, 6.45) is 0. The van der Waals surface area contributed by atoms with Crippen molar-refractivity contribution in [3.05, 3.63) is 22.5 Å². The van der Waals surface area contributed by atoms with E-state index in [4.69, 9.17) is 4.74 Å². The fourth-order valence-electron chi connectivity index (χ4n) is 2.38. The van der Waals surface area contributed by atoms with E-state index in [0.29, 0.717) is 22.5 Å². The van der Waals surface area contributed by atoms with Crippen LogP contribution in [-0.4, -0.2) is 47.3 Å². The van der Waals surface area contributed by atoms with Crippen molar-refractivity contribution >= 4 is 17.7 Å². The van der Waals surface area contributed by atoms with Crippen molar-refractivity contribution in [3.63, 3.8) is 0 Å². The third-order valence-corrected chi connectivity index (χ3v) is 4.01. The summed E-state index contributed by atoms with van der Waals surface area (Å²) in [5.74, 6) is -0.853. The molecule has 1 aromatic heterocycles. The molecule has 0 fully saturated rings. The van der Waals surface area contributed by atoms with E-state index in [9.17, 15) is 14.4 Å². The van der Waals surface area contributed by atoms with Crippen molar-refractivity contribution in [2.45, 2.75) is 33.7 Å². The lowest BCUT2D eigenvalue weighted by Gasteiger charge is -2.22. The Bertz CT molecular complexity index is 601. The first-order chi connectivity index (χ1) is 9.64. The molecule has 0 aliphatic carbocycles. The molecule has 0 aliphatic rings. The zero-order valence-corrected chi connectivity index (χ0v) is 13.6. The molecule has 0 saturated carbocycles. The second-order valence-electron chi connectivity index (χ2n) is 5.15. The minimum absolute atomic E-state index is 0.185.